The molecule has 2 aromatic rings. The molecule has 0 aliphatic carbocycles. The Hall–Kier alpha value is -2.01. The summed E-state index contributed by atoms with van der Waals surface area (Å²) in [6.07, 6.45) is 0. The molecule has 3 rings (SSSR count). The minimum atomic E-state index is -3.55. The number of carbonyl (C=O) groups is 1. The maximum absolute atomic E-state index is 13.7. The second-order valence-electron chi connectivity index (χ2n) is 6.30. The first-order chi connectivity index (χ1) is 13.9. The smallest absolute Gasteiger partial charge is 0.258 e. The van der Waals surface area contributed by atoms with Crippen molar-refractivity contribution in [2.75, 3.05) is 32.9 Å². The Morgan fingerprint density at radius 2 is 1.86 bits per heavy atom. The molecule has 1 aliphatic rings. The summed E-state index contributed by atoms with van der Waals surface area (Å²) in [6, 6.07) is 10.6. The highest BCUT2D eigenvalue weighted by atomic mass is 79.9. The van der Waals surface area contributed by atoms with E-state index in [1.165, 1.54) is 28.6 Å². The first kappa shape index (κ1) is 21.7. The van der Waals surface area contributed by atoms with Gasteiger partial charge < -0.3 is 14.8 Å². The maximum atomic E-state index is 13.7. The number of nitrogens with zero attached hydrogens (tertiary/aromatic N) is 1. The molecule has 1 saturated heterocycles. The van der Waals surface area contributed by atoms with Crippen LogP contribution in [-0.4, -0.2) is 51.5 Å². The summed E-state index contributed by atoms with van der Waals surface area (Å²) >= 11 is 3.15. The monoisotopic (exact) mass is 486 g/mol. The number of amides is 1. The predicted octanol–water partition coefficient (Wildman–Crippen LogP) is 2.30. The van der Waals surface area contributed by atoms with Crippen LogP contribution < -0.4 is 10.1 Å². The van der Waals surface area contributed by atoms with Crippen LogP contribution >= 0.6 is 15.9 Å². The zero-order valence-corrected chi connectivity index (χ0v) is 17.8. The number of nitrogens with one attached hydrogen (secondary N) is 1. The number of morpholine rings is 1. The van der Waals surface area contributed by atoms with Gasteiger partial charge in [-0.25, -0.2) is 12.8 Å². The lowest BCUT2D eigenvalue weighted by atomic mass is 10.2. The molecule has 0 bridgehead atoms. The Morgan fingerprint density at radius 3 is 2.52 bits per heavy atom. The van der Waals surface area contributed by atoms with Crippen LogP contribution in [0.25, 0.3) is 0 Å². The van der Waals surface area contributed by atoms with Crippen molar-refractivity contribution in [3.63, 3.8) is 0 Å². The summed E-state index contributed by atoms with van der Waals surface area (Å²) in [4.78, 5) is 12.1. The lowest BCUT2D eigenvalue weighted by Gasteiger charge is -2.26. The van der Waals surface area contributed by atoms with E-state index in [4.69, 9.17) is 9.47 Å². The van der Waals surface area contributed by atoms with E-state index in [1.54, 1.807) is 18.2 Å². The zero-order chi connectivity index (χ0) is 20.9. The van der Waals surface area contributed by atoms with Gasteiger partial charge in [-0.2, -0.15) is 4.31 Å². The molecule has 0 spiro atoms. The van der Waals surface area contributed by atoms with Crippen molar-refractivity contribution in [3.8, 4) is 5.75 Å². The summed E-state index contributed by atoms with van der Waals surface area (Å²) in [5.41, 5.74) is 0.731. The number of halogens is 2. The maximum Gasteiger partial charge on any atom is 0.258 e. The van der Waals surface area contributed by atoms with Gasteiger partial charge in [0.05, 0.1) is 18.1 Å². The second-order valence-corrected chi connectivity index (χ2v) is 9.15. The Labute approximate surface area is 177 Å². The molecule has 0 radical (unpaired) electrons. The van der Waals surface area contributed by atoms with Crippen molar-refractivity contribution in [1.82, 2.24) is 9.62 Å². The first-order valence-electron chi connectivity index (χ1n) is 8.87. The average molecular weight is 487 g/mol. The SMILES string of the molecule is O=C(COc1ccc(Br)cc1F)NCc1ccc(S(=O)(=O)N2CCOCC2)cc1. The van der Waals surface area contributed by atoms with Gasteiger partial charge in [0, 0.05) is 24.1 Å². The molecule has 1 N–H and O–H groups in total. The van der Waals surface area contributed by atoms with Crippen LogP contribution in [0.1, 0.15) is 5.56 Å². The van der Waals surface area contributed by atoms with Crippen LogP contribution in [0.2, 0.25) is 0 Å². The Bertz CT molecular complexity index is 963. The number of benzene rings is 2. The molecule has 10 heteroatoms. The largest absolute Gasteiger partial charge is 0.481 e. The second kappa shape index (κ2) is 9.66. The van der Waals surface area contributed by atoms with Gasteiger partial charge in [-0.15, -0.1) is 0 Å². The summed E-state index contributed by atoms with van der Waals surface area (Å²) in [5, 5.41) is 2.65. The standard InChI is InChI=1S/C19H20BrFN2O5S/c20-15-3-6-18(17(21)11-15)28-13-19(24)22-12-14-1-4-16(5-2-14)29(25,26)23-7-9-27-10-8-23/h1-6,11H,7-10,12-13H2,(H,22,24). The third-order valence-corrected chi connectivity index (χ3v) is 6.68. The highest BCUT2D eigenvalue weighted by Crippen LogP contribution is 2.21. The topological polar surface area (TPSA) is 84.9 Å². The molecule has 0 saturated carbocycles. The van der Waals surface area contributed by atoms with E-state index >= 15 is 0 Å². The fourth-order valence-electron chi connectivity index (χ4n) is 2.70. The van der Waals surface area contributed by atoms with Gasteiger partial charge in [-0.1, -0.05) is 28.1 Å². The van der Waals surface area contributed by atoms with E-state index in [0.717, 1.165) is 5.56 Å². The van der Waals surface area contributed by atoms with E-state index < -0.39 is 21.7 Å². The summed E-state index contributed by atoms with van der Waals surface area (Å²) in [5.74, 6) is -0.998. The fourth-order valence-corrected chi connectivity index (χ4v) is 4.44. The molecule has 0 aromatic heterocycles. The van der Waals surface area contributed by atoms with Crippen molar-refractivity contribution in [2.24, 2.45) is 0 Å². The fraction of sp³-hybridized carbons (Fsp3) is 0.316. The Morgan fingerprint density at radius 1 is 1.17 bits per heavy atom. The van der Waals surface area contributed by atoms with Gasteiger partial charge in [-0.05, 0) is 35.9 Å². The minimum absolute atomic E-state index is 0.0129. The lowest BCUT2D eigenvalue weighted by molar-refractivity contribution is -0.123. The van der Waals surface area contributed by atoms with E-state index in [-0.39, 0.29) is 23.8 Å². The third kappa shape index (κ3) is 5.75. The first-order valence-corrected chi connectivity index (χ1v) is 11.1. The molecule has 0 unspecified atom stereocenters. The van der Waals surface area contributed by atoms with E-state index in [0.29, 0.717) is 30.8 Å². The van der Waals surface area contributed by atoms with Gasteiger partial charge >= 0.3 is 0 Å². The summed E-state index contributed by atoms with van der Waals surface area (Å²) < 4.78 is 51.2. The molecule has 29 heavy (non-hydrogen) atoms. The third-order valence-electron chi connectivity index (χ3n) is 4.27. The number of sulfonamides is 1. The Balaban J connectivity index is 1.51. The van der Waals surface area contributed by atoms with Crippen molar-refractivity contribution < 1.29 is 27.1 Å². The predicted molar refractivity (Wildman–Crippen MR) is 107 cm³/mol. The molecule has 1 aliphatic heterocycles. The van der Waals surface area contributed by atoms with Crippen molar-refractivity contribution >= 4 is 31.9 Å². The molecule has 1 fully saturated rings. The van der Waals surface area contributed by atoms with E-state index in [2.05, 4.69) is 21.2 Å². The molecule has 0 atom stereocenters. The molecule has 1 heterocycles. The van der Waals surface area contributed by atoms with Crippen LogP contribution in [0.3, 0.4) is 0 Å². The molecule has 2 aromatic carbocycles. The summed E-state index contributed by atoms with van der Waals surface area (Å²) in [6.45, 7) is 1.30. The zero-order valence-electron chi connectivity index (χ0n) is 15.4. The van der Waals surface area contributed by atoms with Gasteiger partial charge in [0.2, 0.25) is 10.0 Å². The van der Waals surface area contributed by atoms with Gasteiger partial charge in [0.25, 0.3) is 5.91 Å². The molecule has 7 nitrogen and oxygen atoms in total. The van der Waals surface area contributed by atoms with Crippen molar-refractivity contribution in [1.29, 1.82) is 0 Å². The van der Waals surface area contributed by atoms with Gasteiger partial charge in [0.1, 0.15) is 0 Å². The molecular weight excluding hydrogens is 467 g/mol. The highest BCUT2D eigenvalue weighted by Gasteiger charge is 2.26. The highest BCUT2D eigenvalue weighted by molar-refractivity contribution is 9.10. The van der Waals surface area contributed by atoms with E-state index in [9.17, 15) is 17.6 Å². The number of hydrogen-bond donors (Lipinski definition) is 1. The van der Waals surface area contributed by atoms with Crippen LogP contribution in [0.5, 0.6) is 5.75 Å². The number of carbonyl (C=O) groups excluding carboxylic acids is 1. The minimum Gasteiger partial charge on any atom is -0.481 e. The van der Waals surface area contributed by atoms with Crippen LogP contribution in [0.15, 0.2) is 51.8 Å². The quantitative estimate of drug-likeness (QED) is 0.648. The molecule has 156 valence electrons. The number of rotatable bonds is 7. The van der Waals surface area contributed by atoms with Crippen molar-refractivity contribution in [3.05, 3.63) is 58.3 Å². The van der Waals surface area contributed by atoms with Crippen molar-refractivity contribution in [2.45, 2.75) is 11.4 Å². The summed E-state index contributed by atoms with van der Waals surface area (Å²) in [7, 11) is -3.55. The average Bonchev–Trinajstić information content (AvgIpc) is 2.72. The van der Waals surface area contributed by atoms with Crippen LogP contribution in [0, 0.1) is 5.82 Å². The van der Waals surface area contributed by atoms with E-state index in [1.807, 2.05) is 0 Å². The molecular formula is C19H20BrFN2O5S. The van der Waals surface area contributed by atoms with Gasteiger partial charge in [-0.3, -0.25) is 4.79 Å². The number of hydrogen-bond acceptors (Lipinski definition) is 5. The lowest BCUT2D eigenvalue weighted by Crippen LogP contribution is -2.40. The van der Waals surface area contributed by atoms with Crippen LogP contribution in [0.4, 0.5) is 4.39 Å². The van der Waals surface area contributed by atoms with Gasteiger partial charge in [0.15, 0.2) is 18.2 Å². The van der Waals surface area contributed by atoms with Crippen LogP contribution in [-0.2, 0) is 26.1 Å². The Kier molecular flexibility index (Phi) is 7.23. The normalized spacial score (nSPS) is 15.1. The number of ether oxygens (including phenoxy) is 2. The molecule has 1 amide bonds.